The fourth-order valence-corrected chi connectivity index (χ4v) is 10.8. The third-order valence-electron chi connectivity index (χ3n) is 8.27. The average Bonchev–Trinajstić information content (AvgIpc) is 3.54. The molecule has 0 aliphatic carbocycles. The van der Waals surface area contributed by atoms with E-state index in [0.717, 1.165) is 47.1 Å². The topological polar surface area (TPSA) is 17.8 Å². The molecule has 5 aromatic carbocycles. The number of benzene rings is 5. The van der Waals surface area contributed by atoms with E-state index in [2.05, 4.69) is 182 Å². The molecule has 5 heteroatoms. The Hall–Kier alpha value is -4.32. The van der Waals surface area contributed by atoms with Gasteiger partial charge >= 0.3 is 0 Å². The van der Waals surface area contributed by atoms with E-state index in [0.29, 0.717) is 0 Å². The van der Waals surface area contributed by atoms with Crippen LogP contribution in [0, 0.1) is 0 Å². The monoisotopic (exact) mass is 603 g/mol. The molecule has 0 fully saturated rings. The minimum Gasteiger partial charge on any atom is -0.345 e. The molecule has 1 radical (unpaired) electrons. The highest BCUT2D eigenvalue weighted by Gasteiger charge is 2.40. The number of hydrogen-bond acceptors (Lipinski definition) is 2. The van der Waals surface area contributed by atoms with E-state index in [1.807, 2.05) is 6.20 Å². The van der Waals surface area contributed by atoms with Gasteiger partial charge < -0.3 is 4.57 Å². The first-order chi connectivity index (χ1) is 21.8. The van der Waals surface area contributed by atoms with Crippen LogP contribution in [0.1, 0.15) is 23.1 Å². The van der Waals surface area contributed by atoms with Gasteiger partial charge in [-0.2, -0.15) is 12.6 Å². The minimum atomic E-state index is -2.55. The Morgan fingerprint density at radius 1 is 0.682 bits per heavy atom. The van der Waals surface area contributed by atoms with Gasteiger partial charge in [0, 0.05) is 18.6 Å². The first-order valence-corrected chi connectivity index (χ1v) is 18.1. The number of aryl methyl sites for hydroxylation is 1. The smallest absolute Gasteiger partial charge is 0.241 e. The van der Waals surface area contributed by atoms with Crippen LogP contribution < -0.4 is 21.3 Å². The molecule has 6 rings (SSSR count). The molecule has 1 heterocycles. The molecule has 6 aromatic rings. The SMILES string of the molecule is SCCCc1ccc([Si](Cn2ccnc2[B]C(=Cc2ccccc2)c2ccccc2)(c2ccccc2)c2ccccc2)cc1. The molecule has 0 aliphatic heterocycles. The molecule has 0 amide bonds. The number of rotatable bonds is 12. The highest BCUT2D eigenvalue weighted by Crippen LogP contribution is 2.18. The summed E-state index contributed by atoms with van der Waals surface area (Å²) in [5, 5.41) is 4.17. The van der Waals surface area contributed by atoms with Crippen molar-refractivity contribution in [3.63, 3.8) is 0 Å². The summed E-state index contributed by atoms with van der Waals surface area (Å²) in [5.74, 6) is 0.901. The lowest BCUT2D eigenvalue weighted by Crippen LogP contribution is -2.70. The Bertz CT molecular complexity index is 1730. The molecule has 1 aromatic heterocycles. The molecular weight excluding hydrogens is 567 g/mol. The standard InChI is InChI=1S/C39H36BN2SSi/c43-29-13-16-32-23-25-37(26-24-32)44(35-19-9-3-10-20-35,36-21-11-4-12-22-36)31-42-28-27-41-39(42)40-38(34-17-7-2-8-18-34)30-33-14-5-1-6-15-33/h1-12,14-15,17-28,30,43H,13,16,29,31H2. The maximum atomic E-state index is 4.92. The van der Waals surface area contributed by atoms with Gasteiger partial charge in [-0.25, -0.2) is 0 Å². The van der Waals surface area contributed by atoms with Crippen LogP contribution in [-0.2, 0) is 12.6 Å². The van der Waals surface area contributed by atoms with E-state index in [1.165, 1.54) is 21.1 Å². The molecule has 0 atom stereocenters. The minimum absolute atomic E-state index is 0.830. The molecule has 215 valence electrons. The molecule has 0 saturated carbocycles. The lowest BCUT2D eigenvalue weighted by Gasteiger charge is -2.35. The van der Waals surface area contributed by atoms with Crippen molar-refractivity contribution in [2.45, 2.75) is 19.0 Å². The van der Waals surface area contributed by atoms with Crippen molar-refractivity contribution in [2.24, 2.45) is 0 Å². The number of imidazole rings is 1. The van der Waals surface area contributed by atoms with Crippen molar-refractivity contribution in [1.29, 1.82) is 0 Å². The summed E-state index contributed by atoms with van der Waals surface area (Å²) < 4.78 is 2.36. The van der Waals surface area contributed by atoms with Gasteiger partial charge in [0.05, 0.1) is 5.72 Å². The Morgan fingerprint density at radius 2 is 1.23 bits per heavy atom. The Labute approximate surface area is 268 Å². The summed E-state index contributed by atoms with van der Waals surface area (Å²) in [5.41, 5.74) is 5.77. The maximum absolute atomic E-state index is 4.92. The maximum Gasteiger partial charge on any atom is 0.241 e. The van der Waals surface area contributed by atoms with Crippen molar-refractivity contribution in [3.8, 4) is 0 Å². The van der Waals surface area contributed by atoms with E-state index in [1.54, 1.807) is 0 Å². The number of thiol groups is 1. The van der Waals surface area contributed by atoms with Gasteiger partial charge in [-0.15, -0.1) is 0 Å². The van der Waals surface area contributed by atoms with Crippen LogP contribution in [0.25, 0.3) is 11.5 Å². The van der Waals surface area contributed by atoms with Crippen LogP contribution in [0.3, 0.4) is 0 Å². The predicted molar refractivity (Wildman–Crippen MR) is 195 cm³/mol. The zero-order valence-electron chi connectivity index (χ0n) is 24.8. The zero-order chi connectivity index (χ0) is 30.0. The molecule has 0 saturated heterocycles. The molecule has 0 unspecified atom stereocenters. The van der Waals surface area contributed by atoms with E-state index >= 15 is 0 Å². The van der Waals surface area contributed by atoms with E-state index in [4.69, 9.17) is 4.98 Å². The second-order valence-corrected chi connectivity index (χ2v) is 15.4. The van der Waals surface area contributed by atoms with Gasteiger partial charge in [0.1, 0.15) is 0 Å². The van der Waals surface area contributed by atoms with Gasteiger partial charge in [0.25, 0.3) is 0 Å². The third-order valence-corrected chi connectivity index (χ3v) is 13.4. The largest absolute Gasteiger partial charge is 0.345 e. The molecule has 0 aliphatic rings. The number of hydrogen-bond donors (Lipinski definition) is 1. The second-order valence-electron chi connectivity index (χ2n) is 11.1. The summed E-state index contributed by atoms with van der Waals surface area (Å²) in [4.78, 5) is 4.92. The van der Waals surface area contributed by atoms with Crippen LogP contribution >= 0.6 is 12.6 Å². The number of nitrogens with zero attached hydrogens (tertiary/aromatic N) is 2. The summed E-state index contributed by atoms with van der Waals surface area (Å²) in [6.07, 6.45) is 9.29. The van der Waals surface area contributed by atoms with Gasteiger partial charge in [0.15, 0.2) is 8.07 Å². The highest BCUT2D eigenvalue weighted by atomic mass is 32.1. The van der Waals surface area contributed by atoms with Crippen molar-refractivity contribution in [3.05, 3.63) is 175 Å². The highest BCUT2D eigenvalue weighted by molar-refractivity contribution is 7.80. The van der Waals surface area contributed by atoms with Crippen LogP contribution in [0.15, 0.2) is 158 Å². The van der Waals surface area contributed by atoms with Crippen LogP contribution in [0.5, 0.6) is 0 Å². The molecule has 2 nitrogen and oxygen atoms in total. The lowest BCUT2D eigenvalue weighted by atomic mass is 9.65. The average molecular weight is 604 g/mol. The first kappa shape index (κ1) is 29.7. The Kier molecular flexibility index (Phi) is 9.76. The molecule has 0 bridgehead atoms. The molecular formula is C39H36BN2SSi. The zero-order valence-corrected chi connectivity index (χ0v) is 26.7. The first-order valence-electron chi connectivity index (χ1n) is 15.3. The van der Waals surface area contributed by atoms with Gasteiger partial charge in [-0.3, -0.25) is 4.98 Å². The van der Waals surface area contributed by atoms with Crippen LogP contribution in [0.4, 0.5) is 0 Å². The fraction of sp³-hybridized carbons (Fsp3) is 0.103. The number of aromatic nitrogens is 2. The van der Waals surface area contributed by atoms with Gasteiger partial charge in [0.2, 0.25) is 7.28 Å². The summed E-state index contributed by atoms with van der Waals surface area (Å²) in [6, 6.07) is 52.7. The predicted octanol–water partition coefficient (Wildman–Crippen LogP) is 5.98. The summed E-state index contributed by atoms with van der Waals surface area (Å²) in [7, 11) is -0.316. The Balaban J connectivity index is 1.46. The van der Waals surface area contributed by atoms with Crippen molar-refractivity contribution >= 4 is 60.8 Å². The normalized spacial score (nSPS) is 11.8. The van der Waals surface area contributed by atoms with Crippen molar-refractivity contribution in [2.75, 3.05) is 5.75 Å². The fourth-order valence-electron chi connectivity index (χ4n) is 6.02. The van der Waals surface area contributed by atoms with Crippen molar-refractivity contribution < 1.29 is 0 Å². The second kappa shape index (κ2) is 14.4. The van der Waals surface area contributed by atoms with Gasteiger partial charge in [-0.1, -0.05) is 157 Å². The third kappa shape index (κ3) is 6.75. The molecule has 0 spiro atoms. The van der Waals surface area contributed by atoms with E-state index in [-0.39, 0.29) is 0 Å². The van der Waals surface area contributed by atoms with Crippen LogP contribution in [-0.4, -0.2) is 30.7 Å². The van der Waals surface area contributed by atoms with Gasteiger partial charge in [-0.05, 0) is 50.8 Å². The summed E-state index contributed by atoms with van der Waals surface area (Å²) >= 11 is 4.44. The van der Waals surface area contributed by atoms with Crippen molar-refractivity contribution in [1.82, 2.24) is 9.55 Å². The van der Waals surface area contributed by atoms with Crippen LogP contribution in [0.2, 0.25) is 0 Å². The van der Waals surface area contributed by atoms with E-state index < -0.39 is 8.07 Å². The lowest BCUT2D eigenvalue weighted by molar-refractivity contribution is 0.893. The van der Waals surface area contributed by atoms with E-state index in [9.17, 15) is 0 Å². The molecule has 44 heavy (non-hydrogen) atoms. The Morgan fingerprint density at radius 3 is 1.82 bits per heavy atom. The summed E-state index contributed by atoms with van der Waals surface area (Å²) in [6.45, 7) is 0. The molecule has 0 N–H and O–H groups in total. The quantitative estimate of drug-likeness (QED) is 0.0789.